The molecule has 3 fully saturated rings. The summed E-state index contributed by atoms with van der Waals surface area (Å²) in [5.41, 5.74) is 1.95. The Morgan fingerprint density at radius 1 is 1.00 bits per heavy atom. The van der Waals surface area contributed by atoms with Gasteiger partial charge >= 0.3 is 0 Å². The number of rotatable bonds is 13. The molecular weight excluding hydrogens is 554 g/mol. The average molecular weight is 594 g/mol. The maximum Gasteiger partial charge on any atom is 0.256 e. The van der Waals surface area contributed by atoms with Crippen molar-refractivity contribution in [1.29, 1.82) is 0 Å². The van der Waals surface area contributed by atoms with Gasteiger partial charge in [0, 0.05) is 49.6 Å². The summed E-state index contributed by atoms with van der Waals surface area (Å²) in [5.74, 6) is 1.66. The molecule has 0 saturated heterocycles. The number of aromatic nitrogens is 5. The molecule has 3 aliphatic carbocycles. The molecule has 3 aromatic rings. The third kappa shape index (κ3) is 6.79. The molecule has 3 saturated carbocycles. The molecule has 0 radical (unpaired) electrons. The Bertz CT molecular complexity index is 1520. The Morgan fingerprint density at radius 3 is 2.48 bits per heavy atom. The topological polar surface area (TPSA) is 147 Å². The normalized spacial score (nSPS) is 20.9. The van der Waals surface area contributed by atoms with Gasteiger partial charge in [0.15, 0.2) is 11.6 Å². The van der Waals surface area contributed by atoms with Crippen LogP contribution in [0.2, 0.25) is 0 Å². The van der Waals surface area contributed by atoms with Crippen molar-refractivity contribution in [1.82, 2.24) is 34.4 Å². The number of hydrogen-bond donors (Lipinski definition) is 3. The Kier molecular flexibility index (Phi) is 8.24. The van der Waals surface area contributed by atoms with Crippen molar-refractivity contribution < 1.29 is 13.2 Å². The van der Waals surface area contributed by atoms with E-state index in [0.717, 1.165) is 61.4 Å². The summed E-state index contributed by atoms with van der Waals surface area (Å²) in [6, 6.07) is 4.42. The van der Waals surface area contributed by atoms with Gasteiger partial charge in [-0.05, 0) is 71.5 Å². The first-order chi connectivity index (χ1) is 20.3. The van der Waals surface area contributed by atoms with E-state index < -0.39 is 10.0 Å². The van der Waals surface area contributed by atoms with Crippen LogP contribution in [0.4, 0.5) is 17.3 Å². The van der Waals surface area contributed by atoms with E-state index in [1.165, 1.54) is 12.4 Å². The van der Waals surface area contributed by atoms with Gasteiger partial charge < -0.3 is 20.9 Å². The molecule has 0 unspecified atom stereocenters. The first-order valence-corrected chi connectivity index (χ1v) is 16.3. The molecule has 0 spiro atoms. The molecule has 0 aromatic carbocycles. The highest BCUT2D eigenvalue weighted by Gasteiger charge is 2.38. The van der Waals surface area contributed by atoms with Crippen molar-refractivity contribution in [3.63, 3.8) is 0 Å². The van der Waals surface area contributed by atoms with Crippen LogP contribution in [0.5, 0.6) is 0 Å². The number of pyridine rings is 1. The summed E-state index contributed by atoms with van der Waals surface area (Å²) < 4.78 is 26.1. The van der Waals surface area contributed by atoms with Crippen molar-refractivity contribution in [3.8, 4) is 11.4 Å². The predicted octanol–water partition coefficient (Wildman–Crippen LogP) is 3.29. The minimum Gasteiger partial charge on any atom is -0.382 e. The van der Waals surface area contributed by atoms with Crippen LogP contribution < -0.4 is 16.0 Å². The smallest absolute Gasteiger partial charge is 0.256 e. The predicted molar refractivity (Wildman–Crippen MR) is 161 cm³/mol. The highest BCUT2D eigenvalue weighted by Crippen LogP contribution is 2.36. The van der Waals surface area contributed by atoms with Crippen LogP contribution in [-0.2, 0) is 10.0 Å². The van der Waals surface area contributed by atoms with Crippen LogP contribution in [0, 0.1) is 5.92 Å². The average Bonchev–Trinajstić information content (AvgIpc) is 3.91. The molecule has 224 valence electrons. The highest BCUT2D eigenvalue weighted by atomic mass is 32.2. The van der Waals surface area contributed by atoms with Crippen LogP contribution in [0.3, 0.4) is 0 Å². The van der Waals surface area contributed by atoms with Crippen LogP contribution in [0.1, 0.15) is 61.7 Å². The van der Waals surface area contributed by atoms with Crippen molar-refractivity contribution in [2.45, 2.75) is 68.7 Å². The minimum atomic E-state index is -3.47. The van der Waals surface area contributed by atoms with E-state index in [2.05, 4.69) is 55.0 Å². The van der Waals surface area contributed by atoms with E-state index in [0.29, 0.717) is 47.5 Å². The summed E-state index contributed by atoms with van der Waals surface area (Å²) in [4.78, 5) is 28.7. The number of Topliss-reactive ketones (excluding diaryl/α,β-unsaturated/α-hetero) is 1. The fourth-order valence-corrected chi connectivity index (χ4v) is 6.81. The second-order valence-corrected chi connectivity index (χ2v) is 14.0. The van der Waals surface area contributed by atoms with Crippen LogP contribution in [0.15, 0.2) is 36.9 Å². The number of ketones is 1. The quantitative estimate of drug-likeness (QED) is 0.251. The molecule has 6 rings (SSSR count). The zero-order valence-corrected chi connectivity index (χ0v) is 25.0. The lowest BCUT2D eigenvalue weighted by Gasteiger charge is -2.31. The standard InChI is InChI=1S/C29H39N9O3S/c1-37(2)14-13-30-21-5-7-22(8-6-21)34-25-15-27(32-17-24(25)28(39)19-3-4-19)35-26-11-12-31-29(36-26)20-16-33-38(18-20)42(40,41)23-9-10-23/h11-12,15-19,21-23,30H,3-10,13-14H2,1-2H3,(H2,31,32,34,35,36). The second-order valence-electron chi connectivity index (χ2n) is 11.9. The number of likely N-dealkylation sites (N-methyl/N-ethyl adjacent to an activating group) is 1. The number of carbonyl (C=O) groups is 1. The zero-order valence-electron chi connectivity index (χ0n) is 24.2. The fraction of sp³-hybridized carbons (Fsp3) is 0.552. The van der Waals surface area contributed by atoms with Gasteiger partial charge in [0.1, 0.15) is 11.6 Å². The summed E-state index contributed by atoms with van der Waals surface area (Å²) in [6.45, 7) is 2.01. The molecule has 12 nitrogen and oxygen atoms in total. The maximum absolute atomic E-state index is 13.1. The third-order valence-corrected chi connectivity index (χ3v) is 10.2. The van der Waals surface area contributed by atoms with E-state index >= 15 is 0 Å². The monoisotopic (exact) mass is 593 g/mol. The van der Waals surface area contributed by atoms with E-state index in [1.807, 2.05) is 6.07 Å². The minimum absolute atomic E-state index is 0.0943. The second kappa shape index (κ2) is 12.1. The van der Waals surface area contributed by atoms with E-state index in [4.69, 9.17) is 0 Å². The molecule has 0 atom stereocenters. The lowest BCUT2D eigenvalue weighted by molar-refractivity contribution is 0.0968. The van der Waals surface area contributed by atoms with Crippen molar-refractivity contribution in [3.05, 3.63) is 42.5 Å². The molecule has 3 aromatic heterocycles. The van der Waals surface area contributed by atoms with Gasteiger partial charge in [0.25, 0.3) is 10.0 Å². The van der Waals surface area contributed by atoms with Crippen molar-refractivity contribution >= 4 is 33.1 Å². The Hall–Kier alpha value is -3.42. The molecule has 3 heterocycles. The maximum atomic E-state index is 13.1. The summed E-state index contributed by atoms with van der Waals surface area (Å²) >= 11 is 0. The first-order valence-electron chi connectivity index (χ1n) is 14.8. The molecule has 42 heavy (non-hydrogen) atoms. The number of carbonyl (C=O) groups excluding carboxylic acids is 1. The number of nitrogens with one attached hydrogen (secondary N) is 3. The molecule has 0 amide bonds. The van der Waals surface area contributed by atoms with Gasteiger partial charge in [-0.1, -0.05) is 0 Å². The van der Waals surface area contributed by atoms with Crippen LogP contribution in [-0.4, -0.2) is 87.8 Å². The van der Waals surface area contributed by atoms with Gasteiger partial charge in [0.05, 0.1) is 34.5 Å². The lowest BCUT2D eigenvalue weighted by Crippen LogP contribution is -2.39. The van der Waals surface area contributed by atoms with E-state index in [-0.39, 0.29) is 23.0 Å². The van der Waals surface area contributed by atoms with Gasteiger partial charge in [-0.2, -0.15) is 9.19 Å². The molecule has 13 heteroatoms. The Balaban J connectivity index is 1.15. The largest absolute Gasteiger partial charge is 0.382 e. The summed E-state index contributed by atoms with van der Waals surface area (Å²) in [7, 11) is 0.707. The number of hydrogen-bond acceptors (Lipinski definition) is 11. The lowest BCUT2D eigenvalue weighted by atomic mass is 9.90. The van der Waals surface area contributed by atoms with Gasteiger partial charge in [-0.25, -0.2) is 23.4 Å². The van der Waals surface area contributed by atoms with Crippen LogP contribution >= 0.6 is 0 Å². The molecule has 3 N–H and O–H groups in total. The Labute approximate surface area is 246 Å². The van der Waals surface area contributed by atoms with Crippen LogP contribution in [0.25, 0.3) is 11.4 Å². The molecule has 0 bridgehead atoms. The fourth-order valence-electron chi connectivity index (χ4n) is 5.34. The summed E-state index contributed by atoms with van der Waals surface area (Å²) in [5, 5.41) is 14.3. The number of anilines is 3. The van der Waals surface area contributed by atoms with Crippen molar-refractivity contribution in [2.24, 2.45) is 5.92 Å². The SMILES string of the molecule is CN(C)CCNC1CCC(Nc2cc(Nc3ccnc(-c4cnn(S(=O)(=O)C5CC5)c4)n3)ncc2C(=O)C2CC2)CC1. The molecular formula is C29H39N9O3S. The molecule has 3 aliphatic rings. The van der Waals surface area contributed by atoms with E-state index in [1.54, 1.807) is 18.5 Å². The first kappa shape index (κ1) is 28.7. The van der Waals surface area contributed by atoms with Gasteiger partial charge in [-0.3, -0.25) is 4.79 Å². The van der Waals surface area contributed by atoms with Gasteiger partial charge in [0.2, 0.25) is 0 Å². The number of nitrogens with zero attached hydrogens (tertiary/aromatic N) is 6. The van der Waals surface area contributed by atoms with Crippen molar-refractivity contribution in [2.75, 3.05) is 37.8 Å². The Morgan fingerprint density at radius 2 is 1.76 bits per heavy atom. The zero-order chi connectivity index (χ0) is 29.3. The van der Waals surface area contributed by atoms with Gasteiger partial charge in [-0.15, -0.1) is 0 Å². The summed E-state index contributed by atoms with van der Waals surface area (Å²) in [6.07, 6.45) is 13.6. The van der Waals surface area contributed by atoms with E-state index in [9.17, 15) is 13.2 Å². The third-order valence-electron chi connectivity index (χ3n) is 8.13. The molecule has 0 aliphatic heterocycles. The highest BCUT2D eigenvalue weighted by molar-refractivity contribution is 7.90.